The van der Waals surface area contributed by atoms with E-state index in [1.54, 1.807) is 11.8 Å². The van der Waals surface area contributed by atoms with Gasteiger partial charge in [0.15, 0.2) is 5.69 Å². The Hall–Kier alpha value is -2.35. The number of carbonyl (C=O) groups is 1. The third kappa shape index (κ3) is 3.33. The van der Waals surface area contributed by atoms with E-state index in [0.717, 1.165) is 19.2 Å². The fraction of sp³-hybridized carbons (Fsp3) is 0.500. The first-order valence-corrected chi connectivity index (χ1v) is 8.90. The predicted molar refractivity (Wildman–Crippen MR) is 90.7 cm³/mol. The molecule has 8 heteroatoms. The van der Waals surface area contributed by atoms with Crippen molar-refractivity contribution < 1.29 is 13.6 Å². The zero-order valence-electron chi connectivity index (χ0n) is 14.7. The van der Waals surface area contributed by atoms with Crippen molar-refractivity contribution in [3.63, 3.8) is 0 Å². The SMILES string of the molecule is Cc1c(C(=O)N2CCN(C3CC3)CC2)nnn1Cc1ccc(F)cc1F. The average molecular weight is 361 g/mol. The first-order chi connectivity index (χ1) is 12.5. The maximum absolute atomic E-state index is 13.8. The third-order valence-corrected chi connectivity index (χ3v) is 5.19. The molecule has 0 N–H and O–H groups in total. The van der Waals surface area contributed by atoms with Crippen LogP contribution in [0.5, 0.6) is 0 Å². The van der Waals surface area contributed by atoms with Gasteiger partial charge in [-0.1, -0.05) is 11.3 Å². The molecule has 2 aliphatic rings. The van der Waals surface area contributed by atoms with Crippen LogP contribution in [0.4, 0.5) is 8.78 Å². The summed E-state index contributed by atoms with van der Waals surface area (Å²) in [4.78, 5) is 17.0. The van der Waals surface area contributed by atoms with Crippen LogP contribution in [0.3, 0.4) is 0 Å². The minimum atomic E-state index is -0.635. The highest BCUT2D eigenvalue weighted by Crippen LogP contribution is 2.27. The van der Waals surface area contributed by atoms with E-state index in [-0.39, 0.29) is 12.5 Å². The lowest BCUT2D eigenvalue weighted by Crippen LogP contribution is -2.49. The quantitative estimate of drug-likeness (QED) is 0.834. The van der Waals surface area contributed by atoms with Gasteiger partial charge in [0, 0.05) is 43.9 Å². The largest absolute Gasteiger partial charge is 0.335 e. The van der Waals surface area contributed by atoms with E-state index >= 15 is 0 Å². The summed E-state index contributed by atoms with van der Waals surface area (Å²) >= 11 is 0. The number of piperazine rings is 1. The topological polar surface area (TPSA) is 54.3 Å². The summed E-state index contributed by atoms with van der Waals surface area (Å²) in [6, 6.07) is 4.13. The Bertz CT molecular complexity index is 825. The van der Waals surface area contributed by atoms with Crippen LogP contribution in [0.1, 0.15) is 34.6 Å². The fourth-order valence-electron chi connectivity index (χ4n) is 3.40. The third-order valence-electron chi connectivity index (χ3n) is 5.19. The molecule has 2 aromatic rings. The van der Waals surface area contributed by atoms with Crippen molar-refractivity contribution in [3.8, 4) is 0 Å². The summed E-state index contributed by atoms with van der Waals surface area (Å²) in [6.45, 7) is 5.01. The van der Waals surface area contributed by atoms with Crippen LogP contribution in [-0.4, -0.2) is 62.9 Å². The molecule has 1 aromatic carbocycles. The number of hydrogen-bond donors (Lipinski definition) is 0. The monoisotopic (exact) mass is 361 g/mol. The first kappa shape index (κ1) is 17.1. The van der Waals surface area contributed by atoms with E-state index in [0.29, 0.717) is 36.1 Å². The number of nitrogens with zero attached hydrogens (tertiary/aromatic N) is 5. The van der Waals surface area contributed by atoms with Gasteiger partial charge in [-0.05, 0) is 25.8 Å². The standard InChI is InChI=1S/C18H21F2N5O/c1-12-17(18(26)24-8-6-23(7-9-24)15-4-5-15)21-22-25(12)11-13-2-3-14(19)10-16(13)20/h2-3,10,15H,4-9,11H2,1H3. The van der Waals surface area contributed by atoms with Gasteiger partial charge >= 0.3 is 0 Å². The molecule has 1 aromatic heterocycles. The average Bonchev–Trinajstić information content (AvgIpc) is 3.42. The Morgan fingerprint density at radius 3 is 2.58 bits per heavy atom. The van der Waals surface area contributed by atoms with Crippen molar-refractivity contribution in [1.82, 2.24) is 24.8 Å². The van der Waals surface area contributed by atoms with E-state index in [4.69, 9.17) is 0 Å². The van der Waals surface area contributed by atoms with Crippen molar-refractivity contribution in [3.05, 3.63) is 46.8 Å². The number of benzene rings is 1. The molecule has 1 amide bonds. The Kier molecular flexibility index (Phi) is 4.44. The zero-order chi connectivity index (χ0) is 18.3. The van der Waals surface area contributed by atoms with Gasteiger partial charge < -0.3 is 4.90 Å². The summed E-state index contributed by atoms with van der Waals surface area (Å²) in [6.07, 6.45) is 2.53. The number of carbonyl (C=O) groups excluding carboxylic acids is 1. The molecule has 1 saturated carbocycles. The predicted octanol–water partition coefficient (Wildman–Crippen LogP) is 1.83. The summed E-state index contributed by atoms with van der Waals surface area (Å²) in [7, 11) is 0. The van der Waals surface area contributed by atoms with Crippen molar-refractivity contribution >= 4 is 5.91 Å². The molecule has 0 bridgehead atoms. The molecule has 2 heterocycles. The second kappa shape index (κ2) is 6.75. The molecule has 0 radical (unpaired) electrons. The van der Waals surface area contributed by atoms with Crippen LogP contribution >= 0.6 is 0 Å². The van der Waals surface area contributed by atoms with E-state index in [9.17, 15) is 13.6 Å². The van der Waals surface area contributed by atoms with Crippen molar-refractivity contribution in [2.75, 3.05) is 26.2 Å². The highest BCUT2D eigenvalue weighted by Gasteiger charge is 2.33. The lowest BCUT2D eigenvalue weighted by atomic mass is 10.2. The maximum Gasteiger partial charge on any atom is 0.276 e. The molecule has 0 unspecified atom stereocenters. The van der Waals surface area contributed by atoms with Crippen LogP contribution < -0.4 is 0 Å². The molecule has 1 saturated heterocycles. The summed E-state index contributed by atoms with van der Waals surface area (Å²) < 4.78 is 28.4. The molecule has 4 rings (SSSR count). The van der Waals surface area contributed by atoms with E-state index in [1.165, 1.54) is 29.7 Å². The summed E-state index contributed by atoms with van der Waals surface area (Å²) in [5.74, 6) is -1.39. The van der Waals surface area contributed by atoms with Gasteiger partial charge in [0.1, 0.15) is 11.6 Å². The van der Waals surface area contributed by atoms with E-state index < -0.39 is 11.6 Å². The van der Waals surface area contributed by atoms with Crippen LogP contribution in [0.25, 0.3) is 0 Å². The van der Waals surface area contributed by atoms with Crippen LogP contribution in [0, 0.1) is 18.6 Å². The Morgan fingerprint density at radius 1 is 1.19 bits per heavy atom. The first-order valence-electron chi connectivity index (χ1n) is 8.90. The zero-order valence-corrected chi connectivity index (χ0v) is 14.7. The van der Waals surface area contributed by atoms with Gasteiger partial charge in [-0.2, -0.15) is 0 Å². The molecular formula is C18H21F2N5O. The number of halogens is 2. The minimum Gasteiger partial charge on any atom is -0.335 e. The number of amides is 1. The molecule has 6 nitrogen and oxygen atoms in total. The maximum atomic E-state index is 13.8. The Labute approximate surface area is 150 Å². The lowest BCUT2D eigenvalue weighted by Gasteiger charge is -2.34. The molecule has 0 atom stereocenters. The molecular weight excluding hydrogens is 340 g/mol. The van der Waals surface area contributed by atoms with Gasteiger partial charge in [-0.15, -0.1) is 5.10 Å². The molecule has 0 spiro atoms. The second-order valence-corrected chi connectivity index (χ2v) is 6.98. The fourth-order valence-corrected chi connectivity index (χ4v) is 3.40. The van der Waals surface area contributed by atoms with E-state index in [1.807, 2.05) is 0 Å². The van der Waals surface area contributed by atoms with Crippen molar-refractivity contribution in [1.29, 1.82) is 0 Å². The Morgan fingerprint density at radius 2 is 1.92 bits per heavy atom. The summed E-state index contributed by atoms with van der Waals surface area (Å²) in [5.41, 5.74) is 1.19. The number of hydrogen-bond acceptors (Lipinski definition) is 4. The van der Waals surface area contributed by atoms with Gasteiger partial charge in [-0.25, -0.2) is 13.5 Å². The summed E-state index contributed by atoms with van der Waals surface area (Å²) in [5, 5.41) is 8.00. The number of rotatable bonds is 4. The van der Waals surface area contributed by atoms with Gasteiger partial charge in [-0.3, -0.25) is 9.69 Å². The van der Waals surface area contributed by atoms with Crippen LogP contribution in [-0.2, 0) is 6.54 Å². The van der Waals surface area contributed by atoms with Crippen molar-refractivity contribution in [2.45, 2.75) is 32.4 Å². The molecule has 26 heavy (non-hydrogen) atoms. The second-order valence-electron chi connectivity index (χ2n) is 6.98. The van der Waals surface area contributed by atoms with Gasteiger partial charge in [0.05, 0.1) is 12.2 Å². The molecule has 138 valence electrons. The Balaban J connectivity index is 1.45. The molecule has 2 fully saturated rings. The lowest BCUT2D eigenvalue weighted by molar-refractivity contribution is 0.0620. The molecule has 1 aliphatic carbocycles. The van der Waals surface area contributed by atoms with Gasteiger partial charge in [0.25, 0.3) is 5.91 Å². The smallest absolute Gasteiger partial charge is 0.276 e. The highest BCUT2D eigenvalue weighted by molar-refractivity contribution is 5.93. The van der Waals surface area contributed by atoms with E-state index in [2.05, 4.69) is 15.2 Å². The van der Waals surface area contributed by atoms with Crippen molar-refractivity contribution in [2.24, 2.45) is 0 Å². The minimum absolute atomic E-state index is 0.105. The normalized spacial score (nSPS) is 18.3. The van der Waals surface area contributed by atoms with Gasteiger partial charge in [0.2, 0.25) is 0 Å². The van der Waals surface area contributed by atoms with Crippen LogP contribution in [0.2, 0.25) is 0 Å². The molecule has 1 aliphatic heterocycles. The number of aromatic nitrogens is 3. The van der Waals surface area contributed by atoms with Crippen LogP contribution in [0.15, 0.2) is 18.2 Å². The highest BCUT2D eigenvalue weighted by atomic mass is 19.1.